The molecule has 88 valence electrons. The summed E-state index contributed by atoms with van der Waals surface area (Å²) in [4.78, 5) is 0. The Balaban J connectivity index is 4.87. The van der Waals surface area contributed by atoms with Gasteiger partial charge in [-0.25, -0.2) is 0 Å². The maximum absolute atomic E-state index is 5.87. The minimum atomic E-state index is -1.27. The number of hydrogen-bond donors (Lipinski definition) is 0. The summed E-state index contributed by atoms with van der Waals surface area (Å²) in [6.07, 6.45) is 10.8. The summed E-state index contributed by atoms with van der Waals surface area (Å²) in [7, 11) is -1.27. The maximum Gasteiger partial charge on any atom is 0.0651 e. The normalized spacial score (nSPS) is 16.1. The van der Waals surface area contributed by atoms with Crippen LogP contribution in [0.15, 0.2) is 0 Å². The summed E-state index contributed by atoms with van der Waals surface area (Å²) in [6.45, 7) is 14.1. The van der Waals surface area contributed by atoms with Gasteiger partial charge in [0.25, 0.3) is 0 Å². The second-order valence-electron chi connectivity index (χ2n) is 6.18. The molecule has 0 heterocycles. The molecule has 0 fully saturated rings. The van der Waals surface area contributed by atoms with Crippen molar-refractivity contribution in [2.45, 2.75) is 71.1 Å². The molecule has 0 radical (unpaired) electrons. The lowest BCUT2D eigenvalue weighted by Gasteiger charge is -2.41. The fourth-order valence-electron chi connectivity index (χ4n) is 2.31. The highest BCUT2D eigenvalue weighted by atomic mass is 28.3. The van der Waals surface area contributed by atoms with Crippen molar-refractivity contribution < 1.29 is 0 Å². The van der Waals surface area contributed by atoms with Gasteiger partial charge in [0, 0.05) is 5.04 Å². The van der Waals surface area contributed by atoms with Gasteiger partial charge in [-0.1, -0.05) is 53.3 Å². The lowest BCUT2D eigenvalue weighted by Crippen LogP contribution is -2.39. The molecule has 1 heteroatoms. The van der Waals surface area contributed by atoms with Crippen molar-refractivity contribution in [3.63, 3.8) is 0 Å². The van der Waals surface area contributed by atoms with Crippen LogP contribution in [0.5, 0.6) is 0 Å². The number of terminal acetylenes is 1. The molecule has 0 aromatic heterocycles. The monoisotopic (exact) mass is 224 g/mol. The first-order valence-corrected chi connectivity index (χ1v) is 9.77. The van der Waals surface area contributed by atoms with Crippen molar-refractivity contribution in [2.24, 2.45) is 5.92 Å². The van der Waals surface area contributed by atoms with E-state index in [2.05, 4.69) is 46.3 Å². The predicted molar refractivity (Wildman–Crippen MR) is 73.9 cm³/mol. The van der Waals surface area contributed by atoms with E-state index in [1.54, 1.807) is 0 Å². The van der Waals surface area contributed by atoms with Crippen LogP contribution in [0.4, 0.5) is 0 Å². The standard InChI is InChI=1S/C14H28Si/c1-8-10-11-14(9-2,12-13(3)4)15(5,6)7/h2,13H,8,10-12H2,1,3-7H3/t14-/m1/s1. The van der Waals surface area contributed by atoms with Crippen molar-refractivity contribution in [3.8, 4) is 12.3 Å². The molecule has 0 amide bonds. The molecule has 0 saturated carbocycles. The summed E-state index contributed by atoms with van der Waals surface area (Å²) in [6, 6.07) is 0. The average Bonchev–Trinajstić information content (AvgIpc) is 2.09. The lowest BCUT2D eigenvalue weighted by molar-refractivity contribution is 0.453. The Morgan fingerprint density at radius 2 is 1.80 bits per heavy atom. The molecule has 0 nitrogen and oxygen atoms in total. The molecule has 0 saturated heterocycles. The zero-order chi connectivity index (χ0) is 12.1. The Bertz CT molecular complexity index is 216. The first-order valence-electron chi connectivity index (χ1n) is 6.27. The van der Waals surface area contributed by atoms with E-state index in [0.29, 0.717) is 5.92 Å². The summed E-state index contributed by atoms with van der Waals surface area (Å²) in [5.41, 5.74) is 0. The van der Waals surface area contributed by atoms with Crippen molar-refractivity contribution in [3.05, 3.63) is 0 Å². The third kappa shape index (κ3) is 4.03. The van der Waals surface area contributed by atoms with E-state index < -0.39 is 8.07 Å². The molecule has 0 aliphatic rings. The van der Waals surface area contributed by atoms with Gasteiger partial charge in [0.05, 0.1) is 8.07 Å². The average molecular weight is 224 g/mol. The minimum Gasteiger partial charge on any atom is -0.120 e. The quantitative estimate of drug-likeness (QED) is 0.443. The molecule has 0 aliphatic carbocycles. The zero-order valence-electron chi connectivity index (χ0n) is 11.5. The second kappa shape index (κ2) is 5.75. The van der Waals surface area contributed by atoms with Crippen molar-refractivity contribution in [1.29, 1.82) is 0 Å². The Labute approximate surface area is 97.9 Å². The predicted octanol–water partition coefficient (Wildman–Crippen LogP) is 4.93. The molecule has 0 aromatic carbocycles. The summed E-state index contributed by atoms with van der Waals surface area (Å²) >= 11 is 0. The molecule has 0 aromatic rings. The SMILES string of the molecule is C#C[C@@](CCCC)(CC(C)C)[Si](C)(C)C. The maximum atomic E-state index is 5.87. The van der Waals surface area contributed by atoms with Gasteiger partial charge in [-0.3, -0.25) is 0 Å². The Morgan fingerprint density at radius 1 is 1.27 bits per heavy atom. The van der Waals surface area contributed by atoms with Crippen LogP contribution < -0.4 is 0 Å². The van der Waals surface area contributed by atoms with Gasteiger partial charge in [0.2, 0.25) is 0 Å². The van der Waals surface area contributed by atoms with Crippen LogP contribution in [0.1, 0.15) is 46.5 Å². The molecule has 0 spiro atoms. The van der Waals surface area contributed by atoms with Gasteiger partial charge >= 0.3 is 0 Å². The van der Waals surface area contributed by atoms with Gasteiger partial charge in [0.15, 0.2) is 0 Å². The van der Waals surface area contributed by atoms with E-state index in [4.69, 9.17) is 6.42 Å². The third-order valence-electron chi connectivity index (χ3n) is 3.43. The molecule has 0 rings (SSSR count). The highest BCUT2D eigenvalue weighted by Crippen LogP contribution is 2.47. The van der Waals surface area contributed by atoms with Crippen molar-refractivity contribution in [1.82, 2.24) is 0 Å². The summed E-state index contributed by atoms with van der Waals surface area (Å²) < 4.78 is 0. The molecule has 0 bridgehead atoms. The molecule has 15 heavy (non-hydrogen) atoms. The van der Waals surface area contributed by atoms with E-state index in [1.165, 1.54) is 25.7 Å². The minimum absolute atomic E-state index is 0.219. The van der Waals surface area contributed by atoms with Crippen LogP contribution in [-0.2, 0) is 0 Å². The lowest BCUT2D eigenvalue weighted by atomic mass is 9.92. The van der Waals surface area contributed by atoms with E-state index in [1.807, 2.05) is 0 Å². The number of unbranched alkanes of at least 4 members (excludes halogenated alkanes) is 1. The van der Waals surface area contributed by atoms with Crippen LogP contribution in [-0.4, -0.2) is 8.07 Å². The highest BCUT2D eigenvalue weighted by molar-refractivity contribution is 6.80. The summed E-state index contributed by atoms with van der Waals surface area (Å²) in [5, 5.41) is 0.219. The van der Waals surface area contributed by atoms with Crippen molar-refractivity contribution in [2.75, 3.05) is 0 Å². The van der Waals surface area contributed by atoms with Crippen LogP contribution in [0, 0.1) is 18.3 Å². The van der Waals surface area contributed by atoms with E-state index in [-0.39, 0.29) is 5.04 Å². The molecular weight excluding hydrogens is 196 g/mol. The van der Waals surface area contributed by atoms with E-state index >= 15 is 0 Å². The fourth-order valence-corrected chi connectivity index (χ4v) is 4.69. The first kappa shape index (κ1) is 14.8. The number of hydrogen-bond acceptors (Lipinski definition) is 0. The Morgan fingerprint density at radius 3 is 2.07 bits per heavy atom. The van der Waals surface area contributed by atoms with Gasteiger partial charge in [0.1, 0.15) is 0 Å². The van der Waals surface area contributed by atoms with Crippen molar-refractivity contribution >= 4 is 8.07 Å². The number of rotatable bonds is 6. The molecular formula is C14H28Si. The second-order valence-corrected chi connectivity index (χ2v) is 11.6. The first-order chi connectivity index (χ1) is 6.79. The van der Waals surface area contributed by atoms with Gasteiger partial charge in [-0.2, -0.15) is 0 Å². The van der Waals surface area contributed by atoms with Crippen LogP contribution in [0.2, 0.25) is 24.7 Å². The van der Waals surface area contributed by atoms with Crippen LogP contribution in [0.3, 0.4) is 0 Å². The van der Waals surface area contributed by atoms with E-state index in [9.17, 15) is 0 Å². The summed E-state index contributed by atoms with van der Waals surface area (Å²) in [5.74, 6) is 3.90. The molecule has 0 aliphatic heterocycles. The van der Waals surface area contributed by atoms with Crippen LogP contribution in [0.25, 0.3) is 0 Å². The van der Waals surface area contributed by atoms with Gasteiger partial charge in [-0.05, 0) is 18.8 Å². The Kier molecular flexibility index (Phi) is 5.66. The largest absolute Gasteiger partial charge is 0.120 e. The fraction of sp³-hybridized carbons (Fsp3) is 0.857. The highest BCUT2D eigenvalue weighted by Gasteiger charge is 2.41. The van der Waals surface area contributed by atoms with Crippen LogP contribution >= 0.6 is 0 Å². The van der Waals surface area contributed by atoms with Gasteiger partial charge < -0.3 is 0 Å². The zero-order valence-corrected chi connectivity index (χ0v) is 12.5. The molecule has 0 unspecified atom stereocenters. The molecule has 0 N–H and O–H groups in total. The Hall–Kier alpha value is -0.223. The molecule has 1 atom stereocenters. The van der Waals surface area contributed by atoms with E-state index in [0.717, 1.165) is 0 Å². The third-order valence-corrected chi connectivity index (χ3v) is 6.90. The topological polar surface area (TPSA) is 0 Å². The van der Waals surface area contributed by atoms with Gasteiger partial charge in [-0.15, -0.1) is 12.3 Å². The smallest absolute Gasteiger partial charge is 0.0651 e.